The molecule has 1 aliphatic carbocycles. The summed E-state index contributed by atoms with van der Waals surface area (Å²) in [6.45, 7) is -3.09. The largest absolute Gasteiger partial charge is 0.455 e. The Hall–Kier alpha value is -1.51. The molecule has 0 amide bonds. The average molecular weight is 578 g/mol. The number of hydrogen-bond acceptors (Lipinski definition) is 7. The molecule has 20 heteroatoms. The monoisotopic (exact) mass is 578 g/mol. The van der Waals surface area contributed by atoms with Gasteiger partial charge in [-0.25, -0.2) is 4.79 Å². The molecule has 0 aromatic carbocycles. The number of epoxide rings is 1. The molecule has 1 saturated heterocycles. The molecule has 1 saturated carbocycles. The summed E-state index contributed by atoms with van der Waals surface area (Å²) in [4.78, 5) is 12.1. The Labute approximate surface area is 194 Å². The molecule has 0 bridgehead atoms. The molecule has 0 radical (unpaired) electrons. The number of rotatable bonds is 9. The van der Waals surface area contributed by atoms with E-state index in [1.54, 1.807) is 0 Å². The van der Waals surface area contributed by atoms with Crippen LogP contribution in [0.3, 0.4) is 0 Å². The van der Waals surface area contributed by atoms with Crippen LogP contribution in [0.25, 0.3) is 0 Å². The molecular formula is C16H17F11O8S. The summed E-state index contributed by atoms with van der Waals surface area (Å²) in [5, 5.41) is -5.62. The fraction of sp³-hybridized carbons (Fsp3) is 0.938. The number of hydrogen-bond donors (Lipinski definition) is 1. The molecule has 36 heavy (non-hydrogen) atoms. The van der Waals surface area contributed by atoms with Crippen LogP contribution >= 0.6 is 0 Å². The SMILES string of the molecule is O=C(OC(C(F)(F)F)C(F)(F)F)C(OCC(F)(F)S(=O)(=O)O)(OC1OC1C1CCCCC1)C(F)(F)F. The number of carbonyl (C=O) groups excluding carboxylic acids is 1. The van der Waals surface area contributed by atoms with Crippen molar-refractivity contribution in [2.75, 3.05) is 6.61 Å². The number of alkyl halides is 11. The van der Waals surface area contributed by atoms with Crippen molar-refractivity contribution in [3.63, 3.8) is 0 Å². The predicted molar refractivity (Wildman–Crippen MR) is 89.5 cm³/mol. The molecule has 1 aliphatic heterocycles. The van der Waals surface area contributed by atoms with Crippen molar-refractivity contribution < 1.29 is 85.0 Å². The van der Waals surface area contributed by atoms with Crippen molar-refractivity contribution in [3.05, 3.63) is 0 Å². The molecule has 0 aromatic rings. The van der Waals surface area contributed by atoms with Crippen LogP contribution < -0.4 is 0 Å². The molecule has 212 valence electrons. The second-order valence-electron chi connectivity index (χ2n) is 7.87. The van der Waals surface area contributed by atoms with E-state index in [9.17, 15) is 61.5 Å². The van der Waals surface area contributed by atoms with E-state index in [0.29, 0.717) is 25.7 Å². The fourth-order valence-electron chi connectivity index (χ4n) is 3.33. The molecule has 8 nitrogen and oxygen atoms in total. The molecule has 2 rings (SSSR count). The van der Waals surface area contributed by atoms with Crippen LogP contribution in [0.4, 0.5) is 48.3 Å². The van der Waals surface area contributed by atoms with Crippen molar-refractivity contribution >= 4 is 16.1 Å². The molecule has 3 unspecified atom stereocenters. The lowest BCUT2D eigenvalue weighted by Crippen LogP contribution is -2.61. The molecule has 0 aromatic heterocycles. The van der Waals surface area contributed by atoms with Crippen LogP contribution in [0.15, 0.2) is 0 Å². The van der Waals surface area contributed by atoms with Crippen molar-refractivity contribution in [3.8, 4) is 0 Å². The summed E-state index contributed by atoms with van der Waals surface area (Å²) in [7, 11) is -6.53. The van der Waals surface area contributed by atoms with Gasteiger partial charge in [0.15, 0.2) is 6.29 Å². The molecule has 3 atom stereocenters. The fourth-order valence-corrected chi connectivity index (χ4v) is 3.54. The lowest BCUT2D eigenvalue weighted by atomic mass is 9.87. The number of carbonyl (C=O) groups is 1. The minimum atomic E-state index is -6.53. The highest BCUT2D eigenvalue weighted by atomic mass is 32.2. The van der Waals surface area contributed by atoms with Gasteiger partial charge in [-0.1, -0.05) is 19.3 Å². The highest BCUT2D eigenvalue weighted by Crippen LogP contribution is 2.47. The Morgan fingerprint density at radius 1 is 0.917 bits per heavy atom. The Balaban J connectivity index is 2.45. The van der Waals surface area contributed by atoms with Crippen molar-refractivity contribution in [1.82, 2.24) is 0 Å². The summed E-state index contributed by atoms with van der Waals surface area (Å²) in [6.07, 6.45) is -25.6. The Bertz CT molecular complexity index is 881. The highest BCUT2D eigenvalue weighted by molar-refractivity contribution is 7.86. The molecule has 1 heterocycles. The second-order valence-corrected chi connectivity index (χ2v) is 9.42. The van der Waals surface area contributed by atoms with Gasteiger partial charge in [0, 0.05) is 0 Å². The van der Waals surface area contributed by atoms with Gasteiger partial charge in [-0.05, 0) is 18.8 Å². The third-order valence-electron chi connectivity index (χ3n) is 5.16. The van der Waals surface area contributed by atoms with Crippen LogP contribution in [0.1, 0.15) is 32.1 Å². The van der Waals surface area contributed by atoms with Crippen LogP contribution in [0.2, 0.25) is 0 Å². The predicted octanol–water partition coefficient (Wildman–Crippen LogP) is 4.10. The van der Waals surface area contributed by atoms with Gasteiger partial charge >= 0.3 is 45.7 Å². The minimum Gasteiger partial charge on any atom is -0.438 e. The van der Waals surface area contributed by atoms with Crippen molar-refractivity contribution in [1.29, 1.82) is 0 Å². The van der Waals surface area contributed by atoms with Crippen molar-refractivity contribution in [2.45, 2.75) is 80.2 Å². The first-order valence-corrected chi connectivity index (χ1v) is 11.2. The van der Waals surface area contributed by atoms with Gasteiger partial charge in [-0.2, -0.15) is 56.7 Å². The maximum atomic E-state index is 13.9. The summed E-state index contributed by atoms with van der Waals surface area (Å²) < 4.78 is 191. The smallest absolute Gasteiger partial charge is 0.438 e. The number of esters is 1. The van der Waals surface area contributed by atoms with E-state index in [4.69, 9.17) is 9.29 Å². The first-order chi connectivity index (χ1) is 16.0. The molecule has 2 aliphatic rings. The molecule has 0 spiro atoms. The third kappa shape index (κ3) is 6.87. The maximum absolute atomic E-state index is 13.9. The van der Waals surface area contributed by atoms with Crippen molar-refractivity contribution in [2.24, 2.45) is 5.92 Å². The minimum absolute atomic E-state index is 0.347. The zero-order valence-corrected chi connectivity index (χ0v) is 18.2. The van der Waals surface area contributed by atoms with Gasteiger partial charge < -0.3 is 18.9 Å². The van der Waals surface area contributed by atoms with Gasteiger partial charge in [0.1, 0.15) is 12.7 Å². The topological polar surface area (TPSA) is 112 Å². The molecular weight excluding hydrogens is 561 g/mol. The number of halogens is 11. The van der Waals surface area contributed by atoms with Gasteiger partial charge in [0.25, 0.3) is 6.10 Å². The van der Waals surface area contributed by atoms with E-state index in [1.165, 1.54) is 0 Å². The van der Waals surface area contributed by atoms with Crippen LogP contribution in [-0.2, 0) is 33.9 Å². The summed E-state index contributed by atoms with van der Waals surface area (Å²) in [5.74, 6) is -9.59. The lowest BCUT2D eigenvalue weighted by Gasteiger charge is -2.34. The van der Waals surface area contributed by atoms with Crippen LogP contribution in [0.5, 0.6) is 0 Å². The van der Waals surface area contributed by atoms with Gasteiger partial charge in [-0.15, -0.1) is 0 Å². The van der Waals surface area contributed by atoms with E-state index in [1.807, 2.05) is 0 Å². The van der Waals surface area contributed by atoms with Gasteiger partial charge in [0.05, 0.1) is 0 Å². The molecule has 2 fully saturated rings. The standard InChI is InChI=1S/C16H17F11O8S/c17-12(18,36(29,30)31)6-32-13(16(25,26)27,11(28)34-10(14(19,20)21)15(22,23)24)35-9-8(33-9)7-4-2-1-3-5-7/h7-10H,1-6H2,(H,29,30,31). The Morgan fingerprint density at radius 3 is 1.83 bits per heavy atom. The van der Waals surface area contributed by atoms with Crippen LogP contribution in [0, 0.1) is 5.92 Å². The van der Waals surface area contributed by atoms with E-state index >= 15 is 0 Å². The first kappa shape index (κ1) is 30.7. The quantitative estimate of drug-likeness (QED) is 0.143. The summed E-state index contributed by atoms with van der Waals surface area (Å²) in [5.41, 5.74) is 0. The van der Waals surface area contributed by atoms with Gasteiger partial charge in [-0.3, -0.25) is 4.55 Å². The number of ether oxygens (including phenoxy) is 4. The summed E-state index contributed by atoms with van der Waals surface area (Å²) >= 11 is 0. The van der Waals surface area contributed by atoms with E-state index in [-0.39, 0.29) is 0 Å². The highest BCUT2D eigenvalue weighted by Gasteiger charge is 2.72. The normalized spacial score (nSPS) is 24.5. The average Bonchev–Trinajstić information content (AvgIpc) is 3.45. The Morgan fingerprint density at radius 2 is 1.42 bits per heavy atom. The maximum Gasteiger partial charge on any atom is 0.455 e. The van der Waals surface area contributed by atoms with E-state index < -0.39 is 76.7 Å². The molecule has 1 N–H and O–H groups in total. The zero-order valence-electron chi connectivity index (χ0n) is 17.4. The van der Waals surface area contributed by atoms with Gasteiger partial charge in [0.2, 0.25) is 0 Å². The van der Waals surface area contributed by atoms with E-state index in [0.717, 1.165) is 6.42 Å². The lowest BCUT2D eigenvalue weighted by molar-refractivity contribution is -0.391. The zero-order chi connectivity index (χ0) is 28.0. The third-order valence-corrected chi connectivity index (χ3v) is 6.03. The second kappa shape index (κ2) is 9.99. The van der Waals surface area contributed by atoms with Crippen LogP contribution in [-0.4, -0.2) is 73.6 Å². The first-order valence-electron chi connectivity index (χ1n) is 9.76. The summed E-state index contributed by atoms with van der Waals surface area (Å²) in [6, 6.07) is 0. The van der Waals surface area contributed by atoms with E-state index in [2.05, 4.69) is 14.2 Å². The Kier molecular flexibility index (Phi) is 8.52.